The molecule has 0 atom stereocenters. The van der Waals surface area contributed by atoms with Crippen molar-refractivity contribution in [2.24, 2.45) is 5.41 Å². The molecule has 3 rings (SSSR count). The van der Waals surface area contributed by atoms with Crippen molar-refractivity contribution < 1.29 is 14.3 Å². The number of carbonyl (C=O) groups excluding carboxylic acids is 2. The molecule has 1 fully saturated rings. The van der Waals surface area contributed by atoms with Crippen LogP contribution in [0.3, 0.4) is 0 Å². The first-order valence-corrected chi connectivity index (χ1v) is 8.40. The van der Waals surface area contributed by atoms with Crippen molar-refractivity contribution in [1.29, 1.82) is 0 Å². The Morgan fingerprint density at radius 1 is 1.08 bits per heavy atom. The number of hydrogen-bond acceptors (Lipinski definition) is 3. The Kier molecular flexibility index (Phi) is 4.95. The minimum atomic E-state index is -0.984. The lowest BCUT2D eigenvalue weighted by molar-refractivity contribution is -0.134. The molecular weight excluding hydrogens is 340 g/mol. The molecule has 2 N–H and O–H groups in total. The second kappa shape index (κ2) is 7.15. The molecule has 1 aliphatic carbocycles. The molecular formula is C19H19ClN2O3. The maximum atomic E-state index is 12.6. The Balaban J connectivity index is 1.62. The number of anilines is 1. The third kappa shape index (κ3) is 3.77. The summed E-state index contributed by atoms with van der Waals surface area (Å²) in [6.45, 7) is 0.318. The molecule has 130 valence electrons. The number of ether oxygens (including phenoxy) is 1. The van der Waals surface area contributed by atoms with E-state index in [2.05, 4.69) is 10.6 Å². The quantitative estimate of drug-likeness (QED) is 0.778. The summed E-state index contributed by atoms with van der Waals surface area (Å²) < 4.78 is 5.27. The van der Waals surface area contributed by atoms with Crippen LogP contribution in [-0.4, -0.2) is 18.9 Å². The number of benzene rings is 2. The first kappa shape index (κ1) is 17.3. The molecule has 1 saturated carbocycles. The van der Waals surface area contributed by atoms with Crippen LogP contribution in [0.4, 0.5) is 5.69 Å². The van der Waals surface area contributed by atoms with Gasteiger partial charge in [0.2, 0.25) is 11.8 Å². The average molecular weight is 359 g/mol. The van der Waals surface area contributed by atoms with Crippen molar-refractivity contribution in [1.82, 2.24) is 5.32 Å². The number of amides is 2. The maximum Gasteiger partial charge on any atom is 0.240 e. The minimum Gasteiger partial charge on any atom is -0.496 e. The lowest BCUT2D eigenvalue weighted by Crippen LogP contribution is -2.39. The lowest BCUT2D eigenvalue weighted by atomic mass is 10.0. The van der Waals surface area contributed by atoms with E-state index < -0.39 is 5.41 Å². The van der Waals surface area contributed by atoms with Gasteiger partial charge in [0.05, 0.1) is 7.11 Å². The molecule has 0 aromatic heterocycles. The van der Waals surface area contributed by atoms with Gasteiger partial charge in [-0.25, -0.2) is 0 Å². The normalized spacial score (nSPS) is 14.5. The van der Waals surface area contributed by atoms with E-state index in [1.807, 2.05) is 24.3 Å². The third-order valence-electron chi connectivity index (χ3n) is 4.35. The van der Waals surface area contributed by atoms with Crippen LogP contribution in [-0.2, 0) is 16.1 Å². The van der Waals surface area contributed by atoms with E-state index in [1.54, 1.807) is 31.4 Å². The van der Waals surface area contributed by atoms with Crippen molar-refractivity contribution in [2.45, 2.75) is 19.4 Å². The van der Waals surface area contributed by atoms with Crippen molar-refractivity contribution in [3.63, 3.8) is 0 Å². The topological polar surface area (TPSA) is 67.4 Å². The lowest BCUT2D eigenvalue weighted by Gasteiger charge is -2.16. The Hall–Kier alpha value is -2.53. The summed E-state index contributed by atoms with van der Waals surface area (Å²) in [5.41, 5.74) is 0.507. The van der Waals surface area contributed by atoms with Crippen molar-refractivity contribution in [3.8, 4) is 5.75 Å². The molecule has 2 amide bonds. The van der Waals surface area contributed by atoms with E-state index in [0.717, 1.165) is 5.56 Å². The minimum absolute atomic E-state index is 0.259. The predicted octanol–water partition coefficient (Wildman–Crippen LogP) is 3.38. The smallest absolute Gasteiger partial charge is 0.240 e. The number of hydrogen-bond donors (Lipinski definition) is 2. The summed E-state index contributed by atoms with van der Waals surface area (Å²) in [5.74, 6) is 0.162. The van der Waals surface area contributed by atoms with Crippen molar-refractivity contribution >= 4 is 29.1 Å². The van der Waals surface area contributed by atoms with E-state index in [-0.39, 0.29) is 11.8 Å². The standard InChI is InChI=1S/C19H19ClN2O3/c1-25-16-5-3-2-4-13(16)12-21-17(23)19(10-11-19)18(24)22-15-8-6-14(20)7-9-15/h2-9H,10-12H2,1H3,(H,21,23)(H,22,24). The highest BCUT2D eigenvalue weighted by Crippen LogP contribution is 2.47. The summed E-state index contributed by atoms with van der Waals surface area (Å²) >= 11 is 5.84. The Bertz CT molecular complexity index is 786. The summed E-state index contributed by atoms with van der Waals surface area (Å²) in [6.07, 6.45) is 1.09. The molecule has 0 aliphatic heterocycles. The van der Waals surface area contributed by atoms with E-state index in [9.17, 15) is 9.59 Å². The van der Waals surface area contributed by atoms with Crippen molar-refractivity contribution in [2.75, 3.05) is 12.4 Å². The van der Waals surface area contributed by atoms with Crippen LogP contribution >= 0.6 is 11.6 Å². The second-order valence-electron chi connectivity index (χ2n) is 6.04. The summed E-state index contributed by atoms with van der Waals surface area (Å²) in [5, 5.41) is 6.23. The monoisotopic (exact) mass is 358 g/mol. The van der Waals surface area contributed by atoms with Gasteiger partial charge >= 0.3 is 0 Å². The van der Waals surface area contributed by atoms with E-state index in [4.69, 9.17) is 16.3 Å². The van der Waals surface area contributed by atoms with Gasteiger partial charge in [0, 0.05) is 22.8 Å². The van der Waals surface area contributed by atoms with Gasteiger partial charge in [-0.1, -0.05) is 29.8 Å². The SMILES string of the molecule is COc1ccccc1CNC(=O)C1(C(=O)Nc2ccc(Cl)cc2)CC1. The fourth-order valence-electron chi connectivity index (χ4n) is 2.66. The number of carbonyl (C=O) groups is 2. The van der Waals surface area contributed by atoms with Crippen LogP contribution in [0.25, 0.3) is 0 Å². The third-order valence-corrected chi connectivity index (χ3v) is 4.61. The second-order valence-corrected chi connectivity index (χ2v) is 6.47. The highest BCUT2D eigenvalue weighted by atomic mass is 35.5. The summed E-state index contributed by atoms with van der Waals surface area (Å²) in [6, 6.07) is 14.3. The largest absolute Gasteiger partial charge is 0.496 e. The van der Waals surface area contributed by atoms with Gasteiger partial charge in [0.1, 0.15) is 11.2 Å². The zero-order chi connectivity index (χ0) is 17.9. The molecule has 2 aromatic rings. The van der Waals surface area contributed by atoms with Crippen LogP contribution < -0.4 is 15.4 Å². The molecule has 0 heterocycles. The Morgan fingerprint density at radius 2 is 1.76 bits per heavy atom. The average Bonchev–Trinajstić information content (AvgIpc) is 3.44. The van der Waals surface area contributed by atoms with E-state index in [0.29, 0.717) is 35.8 Å². The maximum absolute atomic E-state index is 12.6. The van der Waals surface area contributed by atoms with Crippen LogP contribution in [0.5, 0.6) is 5.75 Å². The zero-order valence-electron chi connectivity index (χ0n) is 13.8. The Morgan fingerprint density at radius 3 is 2.40 bits per heavy atom. The molecule has 0 unspecified atom stereocenters. The molecule has 0 bridgehead atoms. The van der Waals surface area contributed by atoms with Crippen LogP contribution in [0.15, 0.2) is 48.5 Å². The molecule has 25 heavy (non-hydrogen) atoms. The fourth-order valence-corrected chi connectivity index (χ4v) is 2.79. The number of halogens is 1. The van der Waals surface area contributed by atoms with E-state index in [1.165, 1.54) is 0 Å². The van der Waals surface area contributed by atoms with Gasteiger partial charge in [0.15, 0.2) is 0 Å². The fraction of sp³-hybridized carbons (Fsp3) is 0.263. The van der Waals surface area contributed by atoms with E-state index >= 15 is 0 Å². The molecule has 0 saturated heterocycles. The van der Waals surface area contributed by atoms with Gasteiger partial charge < -0.3 is 15.4 Å². The first-order valence-electron chi connectivity index (χ1n) is 8.02. The van der Waals surface area contributed by atoms with Gasteiger partial charge in [-0.05, 0) is 43.2 Å². The van der Waals surface area contributed by atoms with Gasteiger partial charge in [-0.15, -0.1) is 0 Å². The van der Waals surface area contributed by atoms with Crippen LogP contribution in [0.1, 0.15) is 18.4 Å². The Labute approximate surface area is 151 Å². The van der Waals surface area contributed by atoms with Gasteiger partial charge in [-0.3, -0.25) is 9.59 Å². The molecule has 5 nitrogen and oxygen atoms in total. The first-order chi connectivity index (χ1) is 12.0. The molecule has 1 aliphatic rings. The summed E-state index contributed by atoms with van der Waals surface area (Å²) in [7, 11) is 1.59. The van der Waals surface area contributed by atoms with Crippen LogP contribution in [0.2, 0.25) is 5.02 Å². The number of nitrogens with one attached hydrogen (secondary N) is 2. The molecule has 0 radical (unpaired) electrons. The molecule has 0 spiro atoms. The van der Waals surface area contributed by atoms with Crippen molar-refractivity contribution in [3.05, 3.63) is 59.1 Å². The number of rotatable bonds is 6. The van der Waals surface area contributed by atoms with Gasteiger partial charge in [-0.2, -0.15) is 0 Å². The molecule has 6 heteroatoms. The van der Waals surface area contributed by atoms with Crippen LogP contribution in [0, 0.1) is 5.41 Å². The summed E-state index contributed by atoms with van der Waals surface area (Å²) in [4.78, 5) is 25.1. The predicted molar refractivity (Wildman–Crippen MR) is 96.6 cm³/mol. The molecule has 2 aromatic carbocycles. The number of methoxy groups -OCH3 is 1. The highest BCUT2D eigenvalue weighted by Gasteiger charge is 2.56. The van der Waals surface area contributed by atoms with Gasteiger partial charge in [0.25, 0.3) is 0 Å². The number of para-hydroxylation sites is 1. The highest BCUT2D eigenvalue weighted by molar-refractivity contribution is 6.30. The zero-order valence-corrected chi connectivity index (χ0v) is 14.6.